The van der Waals surface area contributed by atoms with Crippen molar-refractivity contribution in [2.75, 3.05) is 13.6 Å². The number of aryl methyl sites for hydroxylation is 1. The topological polar surface area (TPSA) is 42.1 Å². The SMILES string of the molecule is Cc1ccsc1C(C(C)N)N(C)CCc1ccccn1. The summed E-state index contributed by atoms with van der Waals surface area (Å²) >= 11 is 1.80. The maximum absolute atomic E-state index is 6.22. The van der Waals surface area contributed by atoms with E-state index < -0.39 is 0 Å². The third kappa shape index (κ3) is 3.66. The summed E-state index contributed by atoms with van der Waals surface area (Å²) < 4.78 is 0. The summed E-state index contributed by atoms with van der Waals surface area (Å²) in [4.78, 5) is 8.10. The van der Waals surface area contributed by atoms with E-state index in [4.69, 9.17) is 5.73 Å². The molecule has 0 aromatic carbocycles. The molecule has 2 atom stereocenters. The molecule has 2 rings (SSSR count). The van der Waals surface area contributed by atoms with Gasteiger partial charge in [0.2, 0.25) is 0 Å². The van der Waals surface area contributed by atoms with E-state index in [1.807, 2.05) is 18.3 Å². The molecule has 0 fully saturated rings. The lowest BCUT2D eigenvalue weighted by Gasteiger charge is -2.31. The number of aromatic nitrogens is 1. The average molecular weight is 289 g/mol. The Balaban J connectivity index is 2.05. The number of thiophene rings is 1. The number of likely N-dealkylation sites (N-methyl/N-ethyl adjacent to an activating group) is 1. The highest BCUT2D eigenvalue weighted by molar-refractivity contribution is 7.10. The van der Waals surface area contributed by atoms with Crippen molar-refractivity contribution >= 4 is 11.3 Å². The first-order valence-corrected chi connectivity index (χ1v) is 7.87. The molecule has 0 aliphatic heterocycles. The Morgan fingerprint density at radius 2 is 2.15 bits per heavy atom. The number of hydrogen-bond acceptors (Lipinski definition) is 4. The lowest BCUT2D eigenvalue weighted by Crippen LogP contribution is -2.38. The molecule has 0 bridgehead atoms. The van der Waals surface area contributed by atoms with Crippen molar-refractivity contribution in [1.82, 2.24) is 9.88 Å². The standard InChI is InChI=1S/C16H23N3S/c1-12-8-11-20-16(12)15(13(2)17)19(3)10-7-14-6-4-5-9-18-14/h4-6,8-9,11,13,15H,7,10,17H2,1-3H3. The quantitative estimate of drug-likeness (QED) is 0.889. The van der Waals surface area contributed by atoms with Crippen molar-refractivity contribution in [2.45, 2.75) is 32.4 Å². The van der Waals surface area contributed by atoms with Gasteiger partial charge < -0.3 is 5.73 Å². The van der Waals surface area contributed by atoms with E-state index in [0.29, 0.717) is 0 Å². The van der Waals surface area contributed by atoms with E-state index in [1.54, 1.807) is 11.3 Å². The Morgan fingerprint density at radius 1 is 1.35 bits per heavy atom. The van der Waals surface area contributed by atoms with Gasteiger partial charge in [-0.25, -0.2) is 0 Å². The van der Waals surface area contributed by atoms with Crippen LogP contribution >= 0.6 is 11.3 Å². The molecule has 2 N–H and O–H groups in total. The fourth-order valence-electron chi connectivity index (χ4n) is 2.50. The Hall–Kier alpha value is -1.23. The molecule has 2 aromatic rings. The molecular weight excluding hydrogens is 266 g/mol. The van der Waals surface area contributed by atoms with Crippen molar-refractivity contribution < 1.29 is 0 Å². The fourth-order valence-corrected chi connectivity index (χ4v) is 3.71. The van der Waals surface area contributed by atoms with Crippen LogP contribution in [-0.4, -0.2) is 29.5 Å². The molecule has 0 radical (unpaired) electrons. The minimum Gasteiger partial charge on any atom is -0.326 e. The molecule has 20 heavy (non-hydrogen) atoms. The monoisotopic (exact) mass is 289 g/mol. The summed E-state index contributed by atoms with van der Waals surface area (Å²) in [5.41, 5.74) is 8.68. The molecule has 2 unspecified atom stereocenters. The molecule has 0 spiro atoms. The second kappa shape index (κ2) is 6.97. The van der Waals surface area contributed by atoms with E-state index >= 15 is 0 Å². The summed E-state index contributed by atoms with van der Waals surface area (Å²) in [6.07, 6.45) is 2.80. The molecule has 0 saturated heterocycles. The molecule has 3 nitrogen and oxygen atoms in total. The largest absolute Gasteiger partial charge is 0.326 e. The number of pyridine rings is 1. The smallest absolute Gasteiger partial charge is 0.0591 e. The van der Waals surface area contributed by atoms with E-state index in [0.717, 1.165) is 18.7 Å². The highest BCUT2D eigenvalue weighted by atomic mass is 32.1. The normalized spacial score (nSPS) is 14.4. The zero-order valence-corrected chi connectivity index (χ0v) is 13.2. The number of hydrogen-bond donors (Lipinski definition) is 1. The zero-order chi connectivity index (χ0) is 14.5. The first-order valence-electron chi connectivity index (χ1n) is 6.99. The van der Waals surface area contributed by atoms with E-state index in [-0.39, 0.29) is 12.1 Å². The van der Waals surface area contributed by atoms with Crippen LogP contribution in [0.15, 0.2) is 35.8 Å². The lowest BCUT2D eigenvalue weighted by molar-refractivity contribution is 0.224. The first kappa shape index (κ1) is 15.2. The predicted molar refractivity (Wildman–Crippen MR) is 86.0 cm³/mol. The van der Waals surface area contributed by atoms with Gasteiger partial charge in [-0.05, 0) is 50.0 Å². The van der Waals surface area contributed by atoms with Gasteiger partial charge in [-0.1, -0.05) is 6.07 Å². The van der Waals surface area contributed by atoms with Crippen LogP contribution in [0.5, 0.6) is 0 Å². The predicted octanol–water partition coefficient (Wildman–Crippen LogP) is 3.01. The van der Waals surface area contributed by atoms with Crippen molar-refractivity contribution in [3.8, 4) is 0 Å². The summed E-state index contributed by atoms with van der Waals surface area (Å²) in [5, 5.41) is 2.15. The summed E-state index contributed by atoms with van der Waals surface area (Å²) in [5.74, 6) is 0. The summed E-state index contributed by atoms with van der Waals surface area (Å²) in [7, 11) is 2.15. The van der Waals surface area contributed by atoms with Crippen LogP contribution in [0, 0.1) is 6.92 Å². The second-order valence-electron chi connectivity index (χ2n) is 5.32. The van der Waals surface area contributed by atoms with Crippen LogP contribution in [0.25, 0.3) is 0 Å². The van der Waals surface area contributed by atoms with Crippen LogP contribution in [-0.2, 0) is 6.42 Å². The summed E-state index contributed by atoms with van der Waals surface area (Å²) in [6, 6.07) is 8.62. The Kier molecular flexibility index (Phi) is 5.29. The van der Waals surface area contributed by atoms with Gasteiger partial charge in [-0.15, -0.1) is 11.3 Å². The minimum absolute atomic E-state index is 0.112. The van der Waals surface area contributed by atoms with Crippen molar-refractivity contribution in [2.24, 2.45) is 5.73 Å². The molecule has 108 valence electrons. The maximum Gasteiger partial charge on any atom is 0.0591 e. The van der Waals surface area contributed by atoms with Gasteiger partial charge in [0, 0.05) is 35.8 Å². The average Bonchev–Trinajstić information content (AvgIpc) is 2.84. The lowest BCUT2D eigenvalue weighted by atomic mass is 10.0. The van der Waals surface area contributed by atoms with Gasteiger partial charge in [-0.3, -0.25) is 9.88 Å². The molecule has 0 saturated carbocycles. The third-order valence-electron chi connectivity index (χ3n) is 3.59. The molecule has 0 aliphatic rings. The van der Waals surface area contributed by atoms with Crippen LogP contribution < -0.4 is 5.73 Å². The van der Waals surface area contributed by atoms with Gasteiger partial charge >= 0.3 is 0 Å². The van der Waals surface area contributed by atoms with Crippen LogP contribution in [0.4, 0.5) is 0 Å². The molecule has 2 heterocycles. The summed E-state index contributed by atoms with van der Waals surface area (Å²) in [6.45, 7) is 5.20. The number of nitrogens with two attached hydrogens (primary N) is 1. The van der Waals surface area contributed by atoms with Gasteiger partial charge in [0.1, 0.15) is 0 Å². The van der Waals surface area contributed by atoms with Gasteiger partial charge in [-0.2, -0.15) is 0 Å². The Bertz CT molecular complexity index is 522. The second-order valence-corrected chi connectivity index (χ2v) is 6.27. The van der Waals surface area contributed by atoms with Crippen molar-refractivity contribution in [1.29, 1.82) is 0 Å². The molecule has 0 aliphatic carbocycles. The number of nitrogens with zero attached hydrogens (tertiary/aromatic N) is 2. The third-order valence-corrected chi connectivity index (χ3v) is 4.68. The Labute approximate surface area is 125 Å². The molecule has 0 amide bonds. The fraction of sp³-hybridized carbons (Fsp3) is 0.438. The van der Waals surface area contributed by atoms with E-state index in [2.05, 4.69) is 48.3 Å². The van der Waals surface area contributed by atoms with Crippen LogP contribution in [0.1, 0.15) is 29.1 Å². The highest BCUT2D eigenvalue weighted by Gasteiger charge is 2.23. The first-order chi connectivity index (χ1) is 9.59. The van der Waals surface area contributed by atoms with E-state index in [9.17, 15) is 0 Å². The molecule has 4 heteroatoms. The zero-order valence-electron chi connectivity index (χ0n) is 12.4. The Morgan fingerprint density at radius 3 is 2.70 bits per heavy atom. The van der Waals surface area contributed by atoms with Gasteiger partial charge in [0.25, 0.3) is 0 Å². The van der Waals surface area contributed by atoms with Crippen LogP contribution in [0.2, 0.25) is 0 Å². The van der Waals surface area contributed by atoms with E-state index in [1.165, 1.54) is 10.4 Å². The van der Waals surface area contributed by atoms with Crippen LogP contribution in [0.3, 0.4) is 0 Å². The van der Waals surface area contributed by atoms with Crippen molar-refractivity contribution in [3.63, 3.8) is 0 Å². The minimum atomic E-state index is 0.112. The maximum atomic E-state index is 6.22. The molecular formula is C16H23N3S. The van der Waals surface area contributed by atoms with Crippen molar-refractivity contribution in [3.05, 3.63) is 52.0 Å². The van der Waals surface area contributed by atoms with Gasteiger partial charge in [0.05, 0.1) is 6.04 Å². The van der Waals surface area contributed by atoms with Gasteiger partial charge in [0.15, 0.2) is 0 Å². The highest BCUT2D eigenvalue weighted by Crippen LogP contribution is 2.30. The number of rotatable bonds is 6. The molecule has 2 aromatic heterocycles.